The number of hydrogen-bond donors (Lipinski definition) is 5. The number of nitrogens with one attached hydrogen (secondary N) is 4. The summed E-state index contributed by atoms with van der Waals surface area (Å²) in [4.78, 5) is 35.3. The number of halogens is 1. The van der Waals surface area contributed by atoms with Crippen LogP contribution >= 0.6 is 11.6 Å². The number of anilines is 1. The molecule has 160 valence electrons. The Labute approximate surface area is 179 Å². The molecule has 0 aliphatic heterocycles. The van der Waals surface area contributed by atoms with Crippen LogP contribution in [0.15, 0.2) is 41.7 Å². The number of carbonyl (C=O) groups excluding carboxylic acids is 3. The van der Waals surface area contributed by atoms with E-state index in [0.717, 1.165) is 0 Å². The van der Waals surface area contributed by atoms with Crippen LogP contribution in [0.5, 0.6) is 0 Å². The molecule has 2 rings (SSSR count). The topological polar surface area (TPSA) is 146 Å². The zero-order chi connectivity index (χ0) is 22.3. The van der Waals surface area contributed by atoms with E-state index in [9.17, 15) is 14.4 Å². The van der Waals surface area contributed by atoms with Crippen molar-refractivity contribution in [3.8, 4) is 0 Å². The summed E-state index contributed by atoms with van der Waals surface area (Å²) in [6.45, 7) is 1.30. The normalized spacial score (nSPS) is 15.4. The second-order valence-electron chi connectivity index (χ2n) is 6.63. The van der Waals surface area contributed by atoms with Gasteiger partial charge in [-0.05, 0) is 18.2 Å². The van der Waals surface area contributed by atoms with Gasteiger partial charge in [-0.2, -0.15) is 0 Å². The van der Waals surface area contributed by atoms with Crippen LogP contribution in [0, 0.1) is 11.3 Å². The molecule has 0 radical (unpaired) electrons. The highest BCUT2D eigenvalue weighted by Gasteiger charge is 2.21. The highest BCUT2D eigenvalue weighted by atomic mass is 35.5. The first-order valence-electron chi connectivity index (χ1n) is 9.13. The van der Waals surface area contributed by atoms with E-state index in [1.165, 1.54) is 26.1 Å². The number of rotatable bonds is 8. The highest BCUT2D eigenvalue weighted by molar-refractivity contribution is 6.31. The lowest BCUT2D eigenvalue weighted by molar-refractivity contribution is -0.124. The standard InChI is InChI=1S/C20H24ClN5O4/c1-11(27)26-16-6-14(5-15(21)8-16)20(29)25-9-13-4-3-12(19(22)23)7-17(13)30-10-18(28)24-2/h3-6,8,12H,7,9-10H2,1-2H3,(H3,22,23)(H,24,28)(H,25,29)(H,26,27). The number of allylic oxidation sites excluding steroid dienone is 1. The molecule has 9 nitrogen and oxygen atoms in total. The van der Waals surface area contributed by atoms with E-state index < -0.39 is 5.91 Å². The Bertz CT molecular complexity index is 926. The van der Waals surface area contributed by atoms with Gasteiger partial charge in [-0.1, -0.05) is 23.8 Å². The summed E-state index contributed by atoms with van der Waals surface area (Å²) in [6, 6.07) is 4.54. The first-order valence-corrected chi connectivity index (χ1v) is 9.51. The number of likely N-dealkylation sites (N-methyl/N-ethyl adjacent to an activating group) is 1. The molecule has 1 aliphatic carbocycles. The number of benzene rings is 1. The highest BCUT2D eigenvalue weighted by Crippen LogP contribution is 2.25. The zero-order valence-electron chi connectivity index (χ0n) is 16.7. The number of amidine groups is 1. The van der Waals surface area contributed by atoms with Crippen molar-refractivity contribution in [2.24, 2.45) is 11.7 Å². The smallest absolute Gasteiger partial charge is 0.257 e. The summed E-state index contributed by atoms with van der Waals surface area (Å²) in [5, 5.41) is 15.8. The Hall–Kier alpha value is -3.33. The quantitative estimate of drug-likeness (QED) is 0.312. The molecule has 1 unspecified atom stereocenters. The van der Waals surface area contributed by atoms with Crippen molar-refractivity contribution in [2.75, 3.05) is 25.5 Å². The second kappa shape index (κ2) is 10.4. The van der Waals surface area contributed by atoms with Crippen molar-refractivity contribution in [1.29, 1.82) is 5.41 Å². The molecule has 1 atom stereocenters. The van der Waals surface area contributed by atoms with Crippen LogP contribution in [0.2, 0.25) is 5.02 Å². The largest absolute Gasteiger partial charge is 0.488 e. The fourth-order valence-corrected chi connectivity index (χ4v) is 2.98. The number of nitrogens with two attached hydrogens (primary N) is 1. The predicted octanol–water partition coefficient (Wildman–Crippen LogP) is 1.56. The lowest BCUT2D eigenvalue weighted by Gasteiger charge is -2.22. The molecule has 0 saturated carbocycles. The van der Waals surface area contributed by atoms with Gasteiger partial charge in [0.25, 0.3) is 11.8 Å². The van der Waals surface area contributed by atoms with Gasteiger partial charge in [0.05, 0.1) is 5.84 Å². The van der Waals surface area contributed by atoms with Gasteiger partial charge in [0.2, 0.25) is 5.91 Å². The van der Waals surface area contributed by atoms with Gasteiger partial charge in [-0.15, -0.1) is 0 Å². The fraction of sp³-hybridized carbons (Fsp3) is 0.300. The molecule has 1 aromatic rings. The molecule has 6 N–H and O–H groups in total. The molecule has 1 aromatic carbocycles. The van der Waals surface area contributed by atoms with Gasteiger partial charge in [0.15, 0.2) is 6.61 Å². The van der Waals surface area contributed by atoms with Crippen molar-refractivity contribution in [2.45, 2.75) is 13.3 Å². The predicted molar refractivity (Wildman–Crippen MR) is 114 cm³/mol. The van der Waals surface area contributed by atoms with Crippen LogP contribution in [-0.2, 0) is 14.3 Å². The molecule has 0 saturated heterocycles. The number of amides is 3. The zero-order valence-corrected chi connectivity index (χ0v) is 17.4. The first kappa shape index (κ1) is 23.0. The number of carbonyl (C=O) groups is 3. The molecular weight excluding hydrogens is 410 g/mol. The summed E-state index contributed by atoms with van der Waals surface area (Å²) in [6.07, 6.45) is 3.79. The van der Waals surface area contributed by atoms with Gasteiger partial charge in [0, 0.05) is 54.7 Å². The summed E-state index contributed by atoms with van der Waals surface area (Å²) >= 11 is 6.04. The molecule has 0 bridgehead atoms. The van der Waals surface area contributed by atoms with E-state index in [0.29, 0.717) is 28.5 Å². The maximum absolute atomic E-state index is 12.6. The van der Waals surface area contributed by atoms with Crippen LogP contribution in [0.4, 0.5) is 5.69 Å². The fourth-order valence-electron chi connectivity index (χ4n) is 2.75. The van der Waals surface area contributed by atoms with E-state index in [2.05, 4.69) is 16.0 Å². The average molecular weight is 434 g/mol. The summed E-state index contributed by atoms with van der Waals surface area (Å²) in [5.74, 6) is -0.851. The van der Waals surface area contributed by atoms with Gasteiger partial charge in [-0.3, -0.25) is 19.8 Å². The number of ether oxygens (including phenoxy) is 1. The summed E-state index contributed by atoms with van der Waals surface area (Å²) < 4.78 is 5.59. The van der Waals surface area contributed by atoms with E-state index in [-0.39, 0.29) is 42.3 Å². The third-order valence-electron chi connectivity index (χ3n) is 4.27. The Morgan fingerprint density at radius 2 is 2.03 bits per heavy atom. The van der Waals surface area contributed by atoms with E-state index in [4.69, 9.17) is 27.5 Å². The second-order valence-corrected chi connectivity index (χ2v) is 7.06. The molecule has 10 heteroatoms. The molecule has 30 heavy (non-hydrogen) atoms. The molecule has 1 aliphatic rings. The van der Waals surface area contributed by atoms with E-state index in [1.54, 1.807) is 18.2 Å². The van der Waals surface area contributed by atoms with Crippen LogP contribution in [0.3, 0.4) is 0 Å². The third-order valence-corrected chi connectivity index (χ3v) is 4.49. The van der Waals surface area contributed by atoms with Crippen LogP contribution in [0.25, 0.3) is 0 Å². The minimum absolute atomic E-state index is 0.0141. The Morgan fingerprint density at radius 3 is 2.67 bits per heavy atom. The number of hydrogen-bond acceptors (Lipinski definition) is 5. The Kier molecular flexibility index (Phi) is 7.99. The van der Waals surface area contributed by atoms with Crippen molar-refractivity contribution in [3.05, 3.63) is 52.3 Å². The van der Waals surface area contributed by atoms with Crippen LogP contribution in [-0.4, -0.2) is 43.8 Å². The minimum Gasteiger partial charge on any atom is -0.488 e. The maximum atomic E-state index is 12.6. The van der Waals surface area contributed by atoms with Gasteiger partial charge < -0.3 is 26.4 Å². The van der Waals surface area contributed by atoms with Crippen molar-refractivity contribution < 1.29 is 19.1 Å². The monoisotopic (exact) mass is 433 g/mol. The molecule has 0 fully saturated rings. The molecule has 0 spiro atoms. The molecular formula is C20H24ClN5O4. The lowest BCUT2D eigenvalue weighted by atomic mass is 9.94. The summed E-state index contributed by atoms with van der Waals surface area (Å²) in [5.41, 5.74) is 6.93. The Balaban J connectivity index is 2.13. The van der Waals surface area contributed by atoms with Crippen LogP contribution < -0.4 is 21.7 Å². The summed E-state index contributed by atoms with van der Waals surface area (Å²) in [7, 11) is 1.50. The SMILES string of the molecule is CNC(=O)COC1=C(CNC(=O)c2cc(Cl)cc(NC(C)=O)c2)C=CC(C(=N)N)C1. The lowest BCUT2D eigenvalue weighted by Crippen LogP contribution is -2.30. The first-order chi connectivity index (χ1) is 14.2. The minimum atomic E-state index is -0.399. The molecule has 3 amide bonds. The van der Waals surface area contributed by atoms with Crippen molar-refractivity contribution in [1.82, 2.24) is 10.6 Å². The van der Waals surface area contributed by atoms with Crippen LogP contribution in [0.1, 0.15) is 23.7 Å². The van der Waals surface area contributed by atoms with Gasteiger partial charge >= 0.3 is 0 Å². The molecule has 0 heterocycles. The van der Waals surface area contributed by atoms with Gasteiger partial charge in [-0.25, -0.2) is 0 Å². The third kappa shape index (κ3) is 6.63. The molecule has 0 aromatic heterocycles. The maximum Gasteiger partial charge on any atom is 0.257 e. The Morgan fingerprint density at radius 1 is 1.30 bits per heavy atom. The average Bonchev–Trinajstić information content (AvgIpc) is 2.69. The van der Waals surface area contributed by atoms with E-state index in [1.807, 2.05) is 0 Å². The van der Waals surface area contributed by atoms with Crippen molar-refractivity contribution in [3.63, 3.8) is 0 Å². The van der Waals surface area contributed by atoms with Gasteiger partial charge in [0.1, 0.15) is 5.76 Å². The van der Waals surface area contributed by atoms with Crippen molar-refractivity contribution >= 4 is 40.8 Å². The van der Waals surface area contributed by atoms with E-state index >= 15 is 0 Å².